The van der Waals surface area contributed by atoms with Crippen LogP contribution in [0.15, 0.2) is 42.5 Å². The van der Waals surface area contributed by atoms with E-state index in [0.717, 1.165) is 22.7 Å². The van der Waals surface area contributed by atoms with Crippen LogP contribution in [-0.4, -0.2) is 24.7 Å². The van der Waals surface area contributed by atoms with Crippen molar-refractivity contribution >= 4 is 17.3 Å². The van der Waals surface area contributed by atoms with E-state index in [-0.39, 0.29) is 6.54 Å². The van der Waals surface area contributed by atoms with E-state index in [0.29, 0.717) is 0 Å². The number of carboxylic acids is 1. The van der Waals surface area contributed by atoms with Crippen molar-refractivity contribution in [2.75, 3.05) is 18.6 Å². The molecule has 0 heterocycles. The Morgan fingerprint density at radius 2 is 1.67 bits per heavy atom. The number of rotatable bonds is 5. The summed E-state index contributed by atoms with van der Waals surface area (Å²) in [4.78, 5) is 12.9. The van der Waals surface area contributed by atoms with Gasteiger partial charge in [0, 0.05) is 11.4 Å². The van der Waals surface area contributed by atoms with E-state index in [2.05, 4.69) is 0 Å². The number of methoxy groups -OCH3 is 1. The van der Waals surface area contributed by atoms with Gasteiger partial charge in [-0.15, -0.1) is 0 Å². The number of benzene rings is 2. The number of hydrogen-bond donors (Lipinski definition) is 1. The number of ether oxygens (including phenoxy) is 1. The lowest BCUT2D eigenvalue weighted by Crippen LogP contribution is -2.25. The second-order valence-corrected chi connectivity index (χ2v) is 4.95. The van der Waals surface area contributed by atoms with Gasteiger partial charge in [-0.05, 0) is 61.4 Å². The SMILES string of the molecule is COc1ccc(N(CC(=O)O)c2ccc(C)c(C)c2)cc1. The normalized spacial score (nSPS) is 10.2. The summed E-state index contributed by atoms with van der Waals surface area (Å²) < 4.78 is 5.14. The van der Waals surface area contributed by atoms with E-state index < -0.39 is 5.97 Å². The van der Waals surface area contributed by atoms with Crippen LogP contribution in [0.5, 0.6) is 5.75 Å². The molecule has 0 spiro atoms. The molecule has 21 heavy (non-hydrogen) atoms. The highest BCUT2D eigenvalue weighted by Gasteiger charge is 2.14. The Morgan fingerprint density at radius 1 is 1.05 bits per heavy atom. The van der Waals surface area contributed by atoms with Crippen molar-refractivity contribution in [1.29, 1.82) is 0 Å². The zero-order chi connectivity index (χ0) is 15.4. The van der Waals surface area contributed by atoms with Crippen LogP contribution < -0.4 is 9.64 Å². The van der Waals surface area contributed by atoms with Crippen LogP contribution in [0, 0.1) is 13.8 Å². The van der Waals surface area contributed by atoms with Gasteiger partial charge in [-0.2, -0.15) is 0 Å². The van der Waals surface area contributed by atoms with E-state index in [1.807, 2.05) is 56.3 Å². The summed E-state index contributed by atoms with van der Waals surface area (Å²) in [5.41, 5.74) is 4.01. The molecule has 0 radical (unpaired) electrons. The first-order valence-electron chi connectivity index (χ1n) is 6.72. The van der Waals surface area contributed by atoms with Crippen molar-refractivity contribution in [2.45, 2.75) is 13.8 Å². The monoisotopic (exact) mass is 285 g/mol. The molecule has 0 fully saturated rings. The van der Waals surface area contributed by atoms with Gasteiger partial charge in [-0.3, -0.25) is 4.79 Å². The molecule has 0 atom stereocenters. The summed E-state index contributed by atoms with van der Waals surface area (Å²) in [5, 5.41) is 9.16. The van der Waals surface area contributed by atoms with Gasteiger partial charge < -0.3 is 14.7 Å². The molecule has 4 heteroatoms. The second kappa shape index (κ2) is 6.31. The Bertz CT molecular complexity index is 635. The highest BCUT2D eigenvalue weighted by Crippen LogP contribution is 2.28. The number of carboxylic acid groups (broad SMARTS) is 1. The van der Waals surface area contributed by atoms with Crippen LogP contribution in [0.2, 0.25) is 0 Å². The van der Waals surface area contributed by atoms with Crippen molar-refractivity contribution in [3.05, 3.63) is 53.6 Å². The van der Waals surface area contributed by atoms with Crippen LogP contribution in [0.1, 0.15) is 11.1 Å². The molecule has 4 nitrogen and oxygen atoms in total. The van der Waals surface area contributed by atoms with E-state index >= 15 is 0 Å². The van der Waals surface area contributed by atoms with Gasteiger partial charge in [0.1, 0.15) is 12.3 Å². The van der Waals surface area contributed by atoms with Crippen LogP contribution in [-0.2, 0) is 4.79 Å². The van der Waals surface area contributed by atoms with Gasteiger partial charge in [0.25, 0.3) is 0 Å². The Balaban J connectivity index is 2.41. The van der Waals surface area contributed by atoms with Crippen LogP contribution in [0.3, 0.4) is 0 Å². The molecule has 110 valence electrons. The molecule has 0 aliphatic rings. The Morgan fingerprint density at radius 3 is 2.19 bits per heavy atom. The molecular weight excluding hydrogens is 266 g/mol. The predicted molar refractivity (Wildman–Crippen MR) is 83.6 cm³/mol. The summed E-state index contributed by atoms with van der Waals surface area (Å²) in [6.45, 7) is 3.97. The largest absolute Gasteiger partial charge is 0.497 e. The van der Waals surface area contributed by atoms with Crippen molar-refractivity contribution in [3.8, 4) is 5.75 Å². The number of anilines is 2. The zero-order valence-electron chi connectivity index (χ0n) is 12.5. The molecule has 0 saturated heterocycles. The Kier molecular flexibility index (Phi) is 4.48. The summed E-state index contributed by atoms with van der Waals surface area (Å²) in [7, 11) is 1.60. The van der Waals surface area contributed by atoms with Crippen molar-refractivity contribution in [3.63, 3.8) is 0 Å². The average molecular weight is 285 g/mol. The first-order valence-corrected chi connectivity index (χ1v) is 6.72. The minimum atomic E-state index is -0.871. The maximum Gasteiger partial charge on any atom is 0.323 e. The fourth-order valence-electron chi connectivity index (χ4n) is 2.12. The Hall–Kier alpha value is -2.49. The summed E-state index contributed by atoms with van der Waals surface area (Å²) in [5.74, 6) is -0.127. The number of aliphatic carboxylic acids is 1. The first kappa shape index (κ1) is 14.9. The smallest absolute Gasteiger partial charge is 0.323 e. The van der Waals surface area contributed by atoms with Gasteiger partial charge in [0.05, 0.1) is 7.11 Å². The molecule has 0 aromatic heterocycles. The van der Waals surface area contributed by atoms with Crippen molar-refractivity contribution < 1.29 is 14.6 Å². The van der Waals surface area contributed by atoms with Crippen LogP contribution in [0.25, 0.3) is 0 Å². The van der Waals surface area contributed by atoms with E-state index in [1.54, 1.807) is 12.0 Å². The van der Waals surface area contributed by atoms with Crippen molar-refractivity contribution in [2.24, 2.45) is 0 Å². The molecule has 2 aromatic carbocycles. The van der Waals surface area contributed by atoms with E-state index in [4.69, 9.17) is 9.84 Å². The summed E-state index contributed by atoms with van der Waals surface area (Å²) in [6.07, 6.45) is 0. The quantitative estimate of drug-likeness (QED) is 0.913. The van der Waals surface area contributed by atoms with Gasteiger partial charge in [0.15, 0.2) is 0 Å². The number of aryl methyl sites for hydroxylation is 2. The lowest BCUT2D eigenvalue weighted by molar-refractivity contribution is -0.135. The Labute approximate surface area is 124 Å². The lowest BCUT2D eigenvalue weighted by Gasteiger charge is -2.24. The number of carbonyl (C=O) groups is 1. The minimum absolute atomic E-state index is 0.0885. The molecule has 0 saturated carbocycles. The number of hydrogen-bond acceptors (Lipinski definition) is 3. The molecule has 2 rings (SSSR count). The third-order valence-corrected chi connectivity index (χ3v) is 3.48. The average Bonchev–Trinajstić information content (AvgIpc) is 2.48. The third-order valence-electron chi connectivity index (χ3n) is 3.48. The molecule has 0 bridgehead atoms. The third kappa shape index (κ3) is 3.54. The van der Waals surface area contributed by atoms with E-state index in [9.17, 15) is 4.79 Å². The second-order valence-electron chi connectivity index (χ2n) is 4.95. The molecule has 1 N–H and O–H groups in total. The highest BCUT2D eigenvalue weighted by atomic mass is 16.5. The predicted octanol–water partition coefficient (Wildman–Crippen LogP) is 3.53. The van der Waals surface area contributed by atoms with Crippen LogP contribution in [0.4, 0.5) is 11.4 Å². The highest BCUT2D eigenvalue weighted by molar-refractivity contribution is 5.79. The van der Waals surface area contributed by atoms with Gasteiger partial charge in [0.2, 0.25) is 0 Å². The van der Waals surface area contributed by atoms with Gasteiger partial charge in [-0.1, -0.05) is 6.07 Å². The standard InChI is InChI=1S/C17H19NO3/c1-12-4-5-15(10-13(12)2)18(11-17(19)20)14-6-8-16(21-3)9-7-14/h4-10H,11H2,1-3H3,(H,19,20). The lowest BCUT2D eigenvalue weighted by atomic mass is 10.1. The number of nitrogens with zero attached hydrogens (tertiary/aromatic N) is 1. The molecule has 0 amide bonds. The summed E-state index contributed by atoms with van der Waals surface area (Å²) >= 11 is 0. The fourth-order valence-corrected chi connectivity index (χ4v) is 2.12. The fraction of sp³-hybridized carbons (Fsp3) is 0.235. The summed E-state index contributed by atoms with van der Waals surface area (Å²) in [6, 6.07) is 13.3. The van der Waals surface area contributed by atoms with Crippen molar-refractivity contribution in [1.82, 2.24) is 0 Å². The molecule has 2 aromatic rings. The minimum Gasteiger partial charge on any atom is -0.497 e. The first-order chi connectivity index (χ1) is 10.0. The maximum atomic E-state index is 11.2. The van der Waals surface area contributed by atoms with Crippen LogP contribution >= 0.6 is 0 Å². The topological polar surface area (TPSA) is 49.8 Å². The maximum absolute atomic E-state index is 11.2. The van der Waals surface area contributed by atoms with E-state index in [1.165, 1.54) is 5.56 Å². The molecule has 0 aliphatic heterocycles. The van der Waals surface area contributed by atoms with Gasteiger partial charge >= 0.3 is 5.97 Å². The molecular formula is C17H19NO3. The molecule has 0 unspecified atom stereocenters. The zero-order valence-corrected chi connectivity index (χ0v) is 12.5. The molecule has 0 aliphatic carbocycles. The van der Waals surface area contributed by atoms with Gasteiger partial charge in [-0.25, -0.2) is 0 Å².